The molecule has 0 aliphatic carbocycles. The Bertz CT molecular complexity index is 606. The molecule has 1 aromatic carbocycles. The summed E-state index contributed by atoms with van der Waals surface area (Å²) >= 11 is 1.35. The van der Waals surface area contributed by atoms with Crippen molar-refractivity contribution in [3.63, 3.8) is 0 Å². The molecule has 0 spiro atoms. The molecular weight excluding hydrogens is 299 g/mol. The summed E-state index contributed by atoms with van der Waals surface area (Å²) in [4.78, 5) is 8.35. The first-order valence-electron chi connectivity index (χ1n) is 6.20. The fourth-order valence-corrected chi connectivity index (χ4v) is 2.75. The minimum atomic E-state index is -4.32. The molecule has 7 heteroatoms. The van der Waals surface area contributed by atoms with Crippen molar-refractivity contribution < 1.29 is 13.2 Å². The smallest absolute Gasteiger partial charge is 0.384 e. The number of nitrogens with zero attached hydrogens (tertiary/aromatic N) is 2. The average Bonchev–Trinajstić information content (AvgIpc) is 2.36. The van der Waals surface area contributed by atoms with Crippen LogP contribution in [0, 0.1) is 6.92 Å². The first-order chi connectivity index (χ1) is 9.75. The van der Waals surface area contributed by atoms with E-state index >= 15 is 0 Å². The fraction of sp³-hybridized carbons (Fsp3) is 0.286. The molecule has 3 nitrogen and oxygen atoms in total. The highest BCUT2D eigenvalue weighted by molar-refractivity contribution is 7.99. The minimum Gasteiger partial charge on any atom is -0.384 e. The van der Waals surface area contributed by atoms with E-state index in [-0.39, 0.29) is 5.25 Å². The molecule has 0 saturated carbocycles. The van der Waals surface area contributed by atoms with E-state index in [0.29, 0.717) is 11.0 Å². The van der Waals surface area contributed by atoms with E-state index in [4.69, 9.17) is 5.73 Å². The lowest BCUT2D eigenvalue weighted by Gasteiger charge is -2.13. The van der Waals surface area contributed by atoms with E-state index in [0.717, 1.165) is 23.4 Å². The summed E-state index contributed by atoms with van der Waals surface area (Å²) < 4.78 is 37.6. The van der Waals surface area contributed by atoms with Crippen LogP contribution in [0.1, 0.15) is 29.0 Å². The number of anilines is 1. The van der Waals surface area contributed by atoms with Crippen molar-refractivity contribution >= 4 is 17.6 Å². The number of rotatable bonds is 3. The molecule has 2 aromatic rings. The van der Waals surface area contributed by atoms with Crippen LogP contribution >= 0.6 is 11.8 Å². The molecular formula is C14H14F3N3S. The quantitative estimate of drug-likeness (QED) is 0.680. The molecule has 2 rings (SSSR count). The zero-order valence-corrected chi connectivity index (χ0v) is 12.3. The maximum absolute atomic E-state index is 12.5. The van der Waals surface area contributed by atoms with Gasteiger partial charge >= 0.3 is 6.18 Å². The van der Waals surface area contributed by atoms with Crippen LogP contribution in [0.2, 0.25) is 0 Å². The van der Waals surface area contributed by atoms with E-state index in [9.17, 15) is 13.2 Å². The predicted octanol–water partition coefficient (Wildman–Crippen LogP) is 4.24. The van der Waals surface area contributed by atoms with E-state index in [2.05, 4.69) is 9.97 Å². The van der Waals surface area contributed by atoms with E-state index in [1.54, 1.807) is 6.07 Å². The van der Waals surface area contributed by atoms with E-state index < -0.39 is 11.7 Å². The molecule has 1 heterocycles. The zero-order chi connectivity index (χ0) is 15.6. The van der Waals surface area contributed by atoms with Crippen LogP contribution in [0.5, 0.6) is 0 Å². The van der Waals surface area contributed by atoms with Crippen LogP contribution in [0.4, 0.5) is 19.0 Å². The Morgan fingerprint density at radius 3 is 2.29 bits per heavy atom. The number of aromatic nitrogens is 2. The molecule has 1 aromatic heterocycles. The number of alkyl halides is 3. The zero-order valence-electron chi connectivity index (χ0n) is 11.5. The van der Waals surface area contributed by atoms with Gasteiger partial charge < -0.3 is 5.73 Å². The normalized spacial score (nSPS) is 13.2. The predicted molar refractivity (Wildman–Crippen MR) is 76.9 cm³/mol. The Hall–Kier alpha value is -1.76. The van der Waals surface area contributed by atoms with Gasteiger partial charge in [0.2, 0.25) is 0 Å². The minimum absolute atomic E-state index is 0.0755. The first-order valence-corrected chi connectivity index (χ1v) is 7.08. The third kappa shape index (κ3) is 4.10. The Morgan fingerprint density at radius 1 is 1.14 bits per heavy atom. The van der Waals surface area contributed by atoms with E-state index in [1.165, 1.54) is 23.9 Å². The van der Waals surface area contributed by atoms with Crippen LogP contribution in [-0.4, -0.2) is 9.97 Å². The number of nitrogen functional groups attached to an aromatic ring is 1. The molecule has 0 amide bonds. The topological polar surface area (TPSA) is 51.8 Å². The highest BCUT2D eigenvalue weighted by Gasteiger charge is 2.30. The molecule has 0 fully saturated rings. The Labute approximate surface area is 124 Å². The Kier molecular flexibility index (Phi) is 4.41. The van der Waals surface area contributed by atoms with Crippen molar-refractivity contribution in [1.29, 1.82) is 0 Å². The molecule has 0 radical (unpaired) electrons. The summed E-state index contributed by atoms with van der Waals surface area (Å²) in [6, 6.07) is 6.77. The SMILES string of the molecule is Cc1cc(N)nc(SC(C)c2ccc(C(F)(F)F)cc2)n1. The average molecular weight is 313 g/mol. The molecule has 1 atom stereocenters. The summed E-state index contributed by atoms with van der Waals surface area (Å²) in [7, 11) is 0. The number of thioether (sulfide) groups is 1. The summed E-state index contributed by atoms with van der Waals surface area (Å²) in [6.45, 7) is 3.69. The van der Waals surface area contributed by atoms with E-state index in [1.807, 2.05) is 13.8 Å². The van der Waals surface area contributed by atoms with Crippen LogP contribution in [0.25, 0.3) is 0 Å². The number of halogens is 3. The highest BCUT2D eigenvalue weighted by Crippen LogP contribution is 2.35. The van der Waals surface area contributed by atoms with Gasteiger partial charge in [0.1, 0.15) is 5.82 Å². The van der Waals surface area contributed by atoms with Crippen molar-refractivity contribution in [2.45, 2.75) is 30.4 Å². The van der Waals surface area contributed by atoms with Crippen molar-refractivity contribution in [1.82, 2.24) is 9.97 Å². The standard InChI is InChI=1S/C14H14F3N3S/c1-8-7-12(18)20-13(19-8)21-9(2)10-3-5-11(6-4-10)14(15,16)17/h3-7,9H,1-2H3,(H2,18,19,20). The molecule has 0 saturated heterocycles. The summed E-state index contributed by atoms with van der Waals surface area (Å²) in [5.41, 5.74) is 6.53. The van der Waals surface area contributed by atoms with Crippen LogP contribution in [0.15, 0.2) is 35.5 Å². The largest absolute Gasteiger partial charge is 0.416 e. The second-order valence-electron chi connectivity index (χ2n) is 4.60. The van der Waals surface area contributed by atoms with Gasteiger partial charge in [-0.2, -0.15) is 13.2 Å². The van der Waals surface area contributed by atoms with Crippen molar-refractivity contribution in [2.75, 3.05) is 5.73 Å². The summed E-state index contributed by atoms with van der Waals surface area (Å²) in [6.07, 6.45) is -4.32. The molecule has 0 aliphatic rings. The third-order valence-electron chi connectivity index (χ3n) is 2.84. The second-order valence-corrected chi connectivity index (χ2v) is 5.90. The van der Waals surface area contributed by atoms with Gasteiger partial charge in [-0.1, -0.05) is 23.9 Å². The molecule has 0 aliphatic heterocycles. The lowest BCUT2D eigenvalue weighted by molar-refractivity contribution is -0.137. The Balaban J connectivity index is 2.15. The molecule has 1 unspecified atom stereocenters. The van der Waals surface area contributed by atoms with Crippen LogP contribution in [0.3, 0.4) is 0 Å². The van der Waals surface area contributed by atoms with Gasteiger partial charge in [0.15, 0.2) is 5.16 Å². The van der Waals surface area contributed by atoms with Crippen LogP contribution < -0.4 is 5.73 Å². The Morgan fingerprint density at radius 2 is 1.76 bits per heavy atom. The van der Waals surface area contributed by atoms with Gasteiger partial charge in [0.05, 0.1) is 5.56 Å². The van der Waals surface area contributed by atoms with Gasteiger partial charge in [-0.15, -0.1) is 0 Å². The fourth-order valence-electron chi connectivity index (χ4n) is 1.79. The van der Waals surface area contributed by atoms with Crippen molar-refractivity contribution in [3.05, 3.63) is 47.2 Å². The van der Waals surface area contributed by atoms with Crippen LogP contribution in [-0.2, 0) is 6.18 Å². The summed E-state index contributed by atoms with van der Waals surface area (Å²) in [5, 5.41) is 0.438. The number of hydrogen-bond donors (Lipinski definition) is 1. The third-order valence-corrected chi connectivity index (χ3v) is 3.86. The van der Waals surface area contributed by atoms with Crippen molar-refractivity contribution in [2.24, 2.45) is 0 Å². The lowest BCUT2D eigenvalue weighted by Crippen LogP contribution is -2.04. The molecule has 2 N–H and O–H groups in total. The summed E-state index contributed by atoms with van der Waals surface area (Å²) in [5.74, 6) is 0.379. The highest BCUT2D eigenvalue weighted by atomic mass is 32.2. The lowest BCUT2D eigenvalue weighted by atomic mass is 10.1. The number of nitrogens with two attached hydrogens (primary N) is 1. The van der Waals surface area contributed by atoms with Gasteiger partial charge in [0.25, 0.3) is 0 Å². The van der Waals surface area contributed by atoms with Gasteiger partial charge in [-0.25, -0.2) is 9.97 Å². The molecule has 21 heavy (non-hydrogen) atoms. The second kappa shape index (κ2) is 5.93. The van der Waals surface area contributed by atoms with Gasteiger partial charge in [0, 0.05) is 17.0 Å². The van der Waals surface area contributed by atoms with Crippen molar-refractivity contribution in [3.8, 4) is 0 Å². The molecule has 0 bridgehead atoms. The number of hydrogen-bond acceptors (Lipinski definition) is 4. The van der Waals surface area contributed by atoms with Gasteiger partial charge in [-0.05, 0) is 31.5 Å². The first kappa shape index (κ1) is 15.6. The maximum Gasteiger partial charge on any atom is 0.416 e. The van der Waals surface area contributed by atoms with Gasteiger partial charge in [-0.3, -0.25) is 0 Å². The maximum atomic E-state index is 12.5. The monoisotopic (exact) mass is 313 g/mol. The number of benzene rings is 1. The molecule has 112 valence electrons. The number of aryl methyl sites for hydroxylation is 1.